The minimum absolute atomic E-state index is 0.0794. The molecular weight excluding hydrogens is 318 g/mol. The summed E-state index contributed by atoms with van der Waals surface area (Å²) in [4.78, 5) is 16.7. The van der Waals surface area contributed by atoms with Crippen LogP contribution in [0.2, 0.25) is 0 Å². The molecule has 0 radical (unpaired) electrons. The molecule has 0 spiro atoms. The lowest BCUT2D eigenvalue weighted by molar-refractivity contribution is 0.0774. The maximum absolute atomic E-state index is 12.5. The van der Waals surface area contributed by atoms with E-state index in [0.29, 0.717) is 0 Å². The Labute approximate surface area is 129 Å². The first-order valence-electron chi connectivity index (χ1n) is 7.03. The molecule has 1 heterocycles. The number of halogens is 1. The van der Waals surface area contributed by atoms with E-state index in [1.165, 1.54) is 0 Å². The van der Waals surface area contributed by atoms with E-state index in [2.05, 4.69) is 26.1 Å². The number of carbonyl (C=O) groups is 1. The lowest BCUT2D eigenvalue weighted by Gasteiger charge is -2.29. The molecule has 4 nitrogen and oxygen atoms in total. The number of benzene rings is 1. The molecule has 0 aliphatic carbocycles. The molecule has 1 aliphatic heterocycles. The Hall–Kier alpha value is -0.910. The zero-order chi connectivity index (χ0) is 14.5. The van der Waals surface area contributed by atoms with Gasteiger partial charge >= 0.3 is 0 Å². The molecule has 1 aliphatic rings. The minimum Gasteiger partial charge on any atom is -0.340 e. The summed E-state index contributed by atoms with van der Waals surface area (Å²) in [5.41, 5.74) is 1.83. The number of nitrogens with one attached hydrogen (secondary N) is 1. The van der Waals surface area contributed by atoms with Crippen molar-refractivity contribution in [1.82, 2.24) is 15.1 Å². The Morgan fingerprint density at radius 2 is 2.10 bits per heavy atom. The van der Waals surface area contributed by atoms with Crippen LogP contribution in [-0.2, 0) is 0 Å². The van der Waals surface area contributed by atoms with E-state index in [1.807, 2.05) is 37.1 Å². The summed E-state index contributed by atoms with van der Waals surface area (Å²) in [6.07, 6.45) is 0. The molecule has 2 rings (SSSR count). The number of piperazine rings is 1. The minimum atomic E-state index is 0.0794. The highest BCUT2D eigenvalue weighted by Gasteiger charge is 2.17. The Bertz CT molecular complexity index is 472. The van der Waals surface area contributed by atoms with Gasteiger partial charge in [-0.15, -0.1) is 0 Å². The third-order valence-electron chi connectivity index (χ3n) is 3.73. The van der Waals surface area contributed by atoms with Crippen LogP contribution in [0.4, 0.5) is 0 Å². The van der Waals surface area contributed by atoms with Crippen molar-refractivity contribution < 1.29 is 4.79 Å². The summed E-state index contributed by atoms with van der Waals surface area (Å²) in [5.74, 6) is 0.0794. The SMILES string of the molecule is Cc1cccc(C(=O)N(C)CCN2CCNCC2)c1Br. The molecule has 5 heteroatoms. The highest BCUT2D eigenvalue weighted by atomic mass is 79.9. The van der Waals surface area contributed by atoms with Gasteiger partial charge in [-0.1, -0.05) is 12.1 Å². The quantitative estimate of drug-likeness (QED) is 0.907. The zero-order valence-corrected chi connectivity index (χ0v) is 13.7. The van der Waals surface area contributed by atoms with E-state index in [9.17, 15) is 4.79 Å². The number of likely N-dealkylation sites (N-methyl/N-ethyl adjacent to an activating group) is 1. The van der Waals surface area contributed by atoms with Crippen molar-refractivity contribution in [2.24, 2.45) is 0 Å². The van der Waals surface area contributed by atoms with Crippen molar-refractivity contribution in [3.8, 4) is 0 Å². The number of carbonyl (C=O) groups excluding carboxylic acids is 1. The maximum atomic E-state index is 12.5. The van der Waals surface area contributed by atoms with E-state index in [4.69, 9.17) is 0 Å². The van der Waals surface area contributed by atoms with Gasteiger partial charge in [-0.2, -0.15) is 0 Å². The van der Waals surface area contributed by atoms with Gasteiger partial charge in [0.1, 0.15) is 0 Å². The summed E-state index contributed by atoms with van der Waals surface area (Å²) in [6.45, 7) is 7.92. The molecule has 0 bridgehead atoms. The lowest BCUT2D eigenvalue weighted by atomic mass is 10.1. The number of aryl methyl sites for hydroxylation is 1. The van der Waals surface area contributed by atoms with Crippen molar-refractivity contribution >= 4 is 21.8 Å². The van der Waals surface area contributed by atoms with E-state index in [-0.39, 0.29) is 5.91 Å². The van der Waals surface area contributed by atoms with Crippen LogP contribution in [0.25, 0.3) is 0 Å². The smallest absolute Gasteiger partial charge is 0.254 e. The van der Waals surface area contributed by atoms with Crippen molar-refractivity contribution in [2.75, 3.05) is 46.3 Å². The number of hydrogen-bond donors (Lipinski definition) is 1. The number of amides is 1. The first-order chi connectivity index (χ1) is 9.59. The van der Waals surface area contributed by atoms with Crippen molar-refractivity contribution in [3.63, 3.8) is 0 Å². The van der Waals surface area contributed by atoms with Crippen molar-refractivity contribution in [2.45, 2.75) is 6.92 Å². The number of rotatable bonds is 4. The number of hydrogen-bond acceptors (Lipinski definition) is 3. The standard InChI is InChI=1S/C15H22BrN3O/c1-12-4-3-5-13(14(12)16)15(20)18(2)10-11-19-8-6-17-7-9-19/h3-5,17H,6-11H2,1-2H3. The molecule has 0 saturated carbocycles. The summed E-state index contributed by atoms with van der Waals surface area (Å²) in [5, 5.41) is 3.34. The fourth-order valence-electron chi connectivity index (χ4n) is 2.35. The van der Waals surface area contributed by atoms with Gasteiger partial charge in [-0.3, -0.25) is 9.69 Å². The molecule has 1 amide bonds. The highest BCUT2D eigenvalue weighted by molar-refractivity contribution is 9.10. The molecule has 1 aromatic rings. The monoisotopic (exact) mass is 339 g/mol. The Kier molecular flexibility index (Phi) is 5.57. The molecule has 1 aromatic carbocycles. The number of nitrogens with zero attached hydrogens (tertiary/aromatic N) is 2. The van der Waals surface area contributed by atoms with Gasteiger partial charge < -0.3 is 10.2 Å². The van der Waals surface area contributed by atoms with E-state index >= 15 is 0 Å². The third kappa shape index (κ3) is 3.81. The van der Waals surface area contributed by atoms with Gasteiger partial charge in [0.05, 0.1) is 5.56 Å². The van der Waals surface area contributed by atoms with Crippen molar-refractivity contribution in [1.29, 1.82) is 0 Å². The second-order valence-corrected chi connectivity index (χ2v) is 6.05. The highest BCUT2D eigenvalue weighted by Crippen LogP contribution is 2.22. The van der Waals surface area contributed by atoms with Crippen LogP contribution < -0.4 is 5.32 Å². The van der Waals surface area contributed by atoms with Crippen LogP contribution in [0.1, 0.15) is 15.9 Å². The second kappa shape index (κ2) is 7.20. The van der Waals surface area contributed by atoms with Gasteiger partial charge in [-0.05, 0) is 34.5 Å². The van der Waals surface area contributed by atoms with Crippen LogP contribution in [0.15, 0.2) is 22.7 Å². The van der Waals surface area contributed by atoms with Gasteiger partial charge in [0.15, 0.2) is 0 Å². The predicted molar refractivity (Wildman–Crippen MR) is 85.1 cm³/mol. The molecule has 110 valence electrons. The lowest BCUT2D eigenvalue weighted by Crippen LogP contribution is -2.46. The van der Waals surface area contributed by atoms with Gasteiger partial charge in [-0.25, -0.2) is 0 Å². The fourth-order valence-corrected chi connectivity index (χ4v) is 2.78. The zero-order valence-electron chi connectivity index (χ0n) is 12.2. The third-order valence-corrected chi connectivity index (χ3v) is 4.78. The Morgan fingerprint density at radius 3 is 2.80 bits per heavy atom. The largest absolute Gasteiger partial charge is 0.340 e. The Morgan fingerprint density at radius 1 is 1.40 bits per heavy atom. The molecule has 1 saturated heterocycles. The second-order valence-electron chi connectivity index (χ2n) is 5.25. The van der Waals surface area contributed by atoms with E-state index < -0.39 is 0 Å². The average Bonchev–Trinajstić information content (AvgIpc) is 2.48. The normalized spacial score (nSPS) is 16.1. The first kappa shape index (κ1) is 15.5. The molecule has 0 atom stereocenters. The van der Waals surface area contributed by atoms with Gasteiger partial charge in [0.25, 0.3) is 5.91 Å². The summed E-state index contributed by atoms with van der Waals surface area (Å²) in [7, 11) is 1.87. The van der Waals surface area contributed by atoms with Crippen LogP contribution in [0, 0.1) is 6.92 Å². The first-order valence-corrected chi connectivity index (χ1v) is 7.82. The molecule has 0 unspecified atom stereocenters. The predicted octanol–water partition coefficient (Wildman–Crippen LogP) is 1.73. The summed E-state index contributed by atoms with van der Waals surface area (Å²) < 4.78 is 0.902. The molecule has 1 fully saturated rings. The van der Waals surface area contributed by atoms with Gasteiger partial charge in [0.2, 0.25) is 0 Å². The van der Waals surface area contributed by atoms with Crippen LogP contribution in [0.3, 0.4) is 0 Å². The topological polar surface area (TPSA) is 35.6 Å². The summed E-state index contributed by atoms with van der Waals surface area (Å²) in [6, 6.07) is 5.81. The van der Waals surface area contributed by atoms with Crippen LogP contribution in [0.5, 0.6) is 0 Å². The van der Waals surface area contributed by atoms with Crippen LogP contribution in [-0.4, -0.2) is 62.0 Å². The van der Waals surface area contributed by atoms with Gasteiger partial charge in [0, 0.05) is 50.8 Å². The van der Waals surface area contributed by atoms with E-state index in [1.54, 1.807) is 0 Å². The average molecular weight is 340 g/mol. The van der Waals surface area contributed by atoms with E-state index in [0.717, 1.165) is 54.9 Å². The molecule has 1 N–H and O–H groups in total. The maximum Gasteiger partial charge on any atom is 0.254 e. The molecular formula is C15H22BrN3O. The Balaban J connectivity index is 1.92. The summed E-state index contributed by atoms with van der Waals surface area (Å²) >= 11 is 3.51. The van der Waals surface area contributed by atoms with Crippen molar-refractivity contribution in [3.05, 3.63) is 33.8 Å². The molecule has 0 aromatic heterocycles. The fraction of sp³-hybridized carbons (Fsp3) is 0.533. The van der Waals surface area contributed by atoms with Crippen LogP contribution >= 0.6 is 15.9 Å². The molecule has 20 heavy (non-hydrogen) atoms.